The number of benzene rings is 1. The molecule has 0 atom stereocenters. The van der Waals surface area contributed by atoms with Gasteiger partial charge in [-0.25, -0.2) is 0 Å². The summed E-state index contributed by atoms with van der Waals surface area (Å²) in [5, 5.41) is 0. The van der Waals surface area contributed by atoms with Gasteiger partial charge in [0.2, 0.25) is 0 Å². The van der Waals surface area contributed by atoms with Crippen LogP contribution >= 0.6 is 0 Å². The minimum Gasteiger partial charge on any atom is -0.330 e. The third-order valence-corrected chi connectivity index (χ3v) is 3.85. The molecule has 0 aliphatic rings. The Labute approximate surface area is 119 Å². The summed E-state index contributed by atoms with van der Waals surface area (Å²) in [5.74, 6) is 0. The first-order valence-corrected chi connectivity index (χ1v) is 7.37. The SMILES string of the molecule is CCCN(Cc1cccc(C)c1C)CC(C)(C)CN. The second kappa shape index (κ2) is 7.06. The molecule has 0 radical (unpaired) electrons. The Morgan fingerprint density at radius 1 is 1.21 bits per heavy atom. The average Bonchev–Trinajstić information content (AvgIpc) is 2.35. The van der Waals surface area contributed by atoms with Gasteiger partial charge in [0.1, 0.15) is 0 Å². The second-order valence-corrected chi connectivity index (χ2v) is 6.44. The fourth-order valence-corrected chi connectivity index (χ4v) is 2.42. The van der Waals surface area contributed by atoms with Gasteiger partial charge >= 0.3 is 0 Å². The van der Waals surface area contributed by atoms with Crippen LogP contribution in [-0.2, 0) is 6.54 Å². The maximum atomic E-state index is 5.87. The van der Waals surface area contributed by atoms with Gasteiger partial charge in [0, 0.05) is 13.1 Å². The number of hydrogen-bond donors (Lipinski definition) is 1. The Hall–Kier alpha value is -0.860. The molecule has 0 spiro atoms. The third-order valence-electron chi connectivity index (χ3n) is 3.85. The summed E-state index contributed by atoms with van der Waals surface area (Å²) < 4.78 is 0. The Balaban J connectivity index is 2.81. The van der Waals surface area contributed by atoms with E-state index in [-0.39, 0.29) is 5.41 Å². The fourth-order valence-electron chi connectivity index (χ4n) is 2.42. The Morgan fingerprint density at radius 3 is 2.47 bits per heavy atom. The van der Waals surface area contributed by atoms with Gasteiger partial charge < -0.3 is 5.73 Å². The van der Waals surface area contributed by atoms with E-state index in [4.69, 9.17) is 5.73 Å². The molecule has 1 aromatic carbocycles. The van der Waals surface area contributed by atoms with Crippen molar-refractivity contribution in [3.8, 4) is 0 Å². The zero-order chi connectivity index (χ0) is 14.5. The highest BCUT2D eigenvalue weighted by Crippen LogP contribution is 2.20. The number of aryl methyl sites for hydroxylation is 1. The van der Waals surface area contributed by atoms with Gasteiger partial charge in [-0.1, -0.05) is 39.0 Å². The average molecular weight is 262 g/mol. The van der Waals surface area contributed by atoms with Gasteiger partial charge in [-0.05, 0) is 55.5 Å². The van der Waals surface area contributed by atoms with Crippen molar-refractivity contribution in [1.29, 1.82) is 0 Å². The van der Waals surface area contributed by atoms with E-state index in [2.05, 4.69) is 57.7 Å². The molecule has 0 fully saturated rings. The van der Waals surface area contributed by atoms with E-state index >= 15 is 0 Å². The third kappa shape index (κ3) is 4.96. The van der Waals surface area contributed by atoms with Gasteiger partial charge in [-0.3, -0.25) is 4.90 Å². The summed E-state index contributed by atoms with van der Waals surface area (Å²) >= 11 is 0. The topological polar surface area (TPSA) is 29.3 Å². The van der Waals surface area contributed by atoms with Gasteiger partial charge in [0.25, 0.3) is 0 Å². The lowest BCUT2D eigenvalue weighted by Gasteiger charge is -2.32. The van der Waals surface area contributed by atoms with Gasteiger partial charge in [0.15, 0.2) is 0 Å². The van der Waals surface area contributed by atoms with E-state index in [0.717, 1.165) is 26.2 Å². The zero-order valence-corrected chi connectivity index (χ0v) is 13.3. The van der Waals surface area contributed by atoms with Crippen molar-refractivity contribution in [2.45, 2.75) is 47.6 Å². The molecule has 0 amide bonds. The van der Waals surface area contributed by atoms with Crippen LogP contribution in [0.2, 0.25) is 0 Å². The van der Waals surface area contributed by atoms with Crippen LogP contribution in [-0.4, -0.2) is 24.5 Å². The molecular formula is C17H30N2. The summed E-state index contributed by atoms with van der Waals surface area (Å²) in [4.78, 5) is 2.54. The summed E-state index contributed by atoms with van der Waals surface area (Å²) in [5.41, 5.74) is 10.3. The van der Waals surface area contributed by atoms with E-state index < -0.39 is 0 Å². The van der Waals surface area contributed by atoms with Crippen LogP contribution < -0.4 is 5.73 Å². The first-order valence-electron chi connectivity index (χ1n) is 7.37. The highest BCUT2D eigenvalue weighted by Gasteiger charge is 2.20. The molecule has 0 bridgehead atoms. The molecule has 0 saturated carbocycles. The molecule has 0 aliphatic carbocycles. The minimum atomic E-state index is 0.187. The zero-order valence-electron chi connectivity index (χ0n) is 13.3. The van der Waals surface area contributed by atoms with Crippen molar-refractivity contribution >= 4 is 0 Å². The lowest BCUT2D eigenvalue weighted by Crippen LogP contribution is -2.39. The lowest BCUT2D eigenvalue weighted by atomic mass is 9.92. The van der Waals surface area contributed by atoms with Crippen molar-refractivity contribution in [2.24, 2.45) is 11.1 Å². The van der Waals surface area contributed by atoms with Crippen molar-refractivity contribution in [1.82, 2.24) is 4.90 Å². The molecule has 2 nitrogen and oxygen atoms in total. The quantitative estimate of drug-likeness (QED) is 0.815. The van der Waals surface area contributed by atoms with E-state index in [1.807, 2.05) is 0 Å². The Kier molecular flexibility index (Phi) is 6.02. The van der Waals surface area contributed by atoms with Crippen LogP contribution in [0, 0.1) is 19.3 Å². The number of hydrogen-bond acceptors (Lipinski definition) is 2. The van der Waals surface area contributed by atoms with Crippen molar-refractivity contribution in [2.75, 3.05) is 19.6 Å². The Bertz CT molecular complexity index is 396. The van der Waals surface area contributed by atoms with Crippen LogP contribution in [0.1, 0.15) is 43.9 Å². The van der Waals surface area contributed by atoms with Crippen LogP contribution in [0.3, 0.4) is 0 Å². The summed E-state index contributed by atoms with van der Waals surface area (Å²) in [6.45, 7) is 15.1. The molecular weight excluding hydrogens is 232 g/mol. The molecule has 19 heavy (non-hydrogen) atoms. The van der Waals surface area contributed by atoms with Crippen LogP contribution in [0.25, 0.3) is 0 Å². The predicted octanol–water partition coefficient (Wildman–Crippen LogP) is 3.50. The maximum Gasteiger partial charge on any atom is 0.0236 e. The molecule has 1 aromatic rings. The van der Waals surface area contributed by atoms with E-state index in [1.165, 1.54) is 23.1 Å². The summed E-state index contributed by atoms with van der Waals surface area (Å²) in [7, 11) is 0. The molecule has 2 N–H and O–H groups in total. The highest BCUT2D eigenvalue weighted by molar-refractivity contribution is 5.33. The molecule has 0 aliphatic heterocycles. The van der Waals surface area contributed by atoms with Crippen LogP contribution in [0.5, 0.6) is 0 Å². The first kappa shape index (κ1) is 16.2. The van der Waals surface area contributed by atoms with Gasteiger partial charge in [-0.2, -0.15) is 0 Å². The standard InChI is InChI=1S/C17H30N2/c1-6-10-19(13-17(4,5)12-18)11-16-9-7-8-14(2)15(16)3/h7-9H,6,10-13,18H2,1-5H3. The minimum absolute atomic E-state index is 0.187. The van der Waals surface area contributed by atoms with Crippen molar-refractivity contribution in [3.63, 3.8) is 0 Å². The van der Waals surface area contributed by atoms with E-state index in [1.54, 1.807) is 0 Å². The lowest BCUT2D eigenvalue weighted by molar-refractivity contribution is 0.175. The number of nitrogens with zero attached hydrogens (tertiary/aromatic N) is 1. The number of rotatable bonds is 7. The predicted molar refractivity (Wildman–Crippen MR) is 84.3 cm³/mol. The maximum absolute atomic E-state index is 5.87. The first-order chi connectivity index (χ1) is 8.89. The number of nitrogens with two attached hydrogens (primary N) is 1. The second-order valence-electron chi connectivity index (χ2n) is 6.44. The largest absolute Gasteiger partial charge is 0.330 e. The molecule has 0 saturated heterocycles. The van der Waals surface area contributed by atoms with E-state index in [9.17, 15) is 0 Å². The van der Waals surface area contributed by atoms with Crippen LogP contribution in [0.15, 0.2) is 18.2 Å². The van der Waals surface area contributed by atoms with E-state index in [0.29, 0.717) is 0 Å². The van der Waals surface area contributed by atoms with Crippen molar-refractivity contribution < 1.29 is 0 Å². The van der Waals surface area contributed by atoms with Gasteiger partial charge in [-0.15, -0.1) is 0 Å². The smallest absolute Gasteiger partial charge is 0.0236 e. The molecule has 0 heterocycles. The molecule has 0 unspecified atom stereocenters. The molecule has 108 valence electrons. The highest BCUT2D eigenvalue weighted by atomic mass is 15.1. The normalized spacial score (nSPS) is 12.2. The van der Waals surface area contributed by atoms with Gasteiger partial charge in [0.05, 0.1) is 0 Å². The molecule has 1 rings (SSSR count). The molecule has 0 aromatic heterocycles. The molecule has 2 heteroatoms. The summed E-state index contributed by atoms with van der Waals surface area (Å²) in [6, 6.07) is 6.60. The van der Waals surface area contributed by atoms with Crippen LogP contribution in [0.4, 0.5) is 0 Å². The van der Waals surface area contributed by atoms with Crippen molar-refractivity contribution in [3.05, 3.63) is 34.9 Å². The fraction of sp³-hybridized carbons (Fsp3) is 0.647. The summed E-state index contributed by atoms with van der Waals surface area (Å²) in [6.07, 6.45) is 1.19. The Morgan fingerprint density at radius 2 is 1.89 bits per heavy atom. The monoisotopic (exact) mass is 262 g/mol.